The van der Waals surface area contributed by atoms with Crippen molar-refractivity contribution in [3.63, 3.8) is 0 Å². The van der Waals surface area contributed by atoms with E-state index in [1.54, 1.807) is 6.92 Å². The molecule has 0 aromatic heterocycles. The molecule has 3 saturated heterocycles. The van der Waals surface area contributed by atoms with Gasteiger partial charge in [0.15, 0.2) is 0 Å². The van der Waals surface area contributed by atoms with Gasteiger partial charge in [-0.25, -0.2) is 4.79 Å². The van der Waals surface area contributed by atoms with E-state index in [4.69, 9.17) is 9.47 Å². The Morgan fingerprint density at radius 2 is 1.54 bits per heavy atom. The molecule has 0 saturated carbocycles. The molecule has 0 bridgehead atoms. The predicted molar refractivity (Wildman–Crippen MR) is 85.1 cm³/mol. The Kier molecular flexibility index (Phi) is 4.48. The molecule has 132 valence electrons. The van der Waals surface area contributed by atoms with E-state index in [9.17, 15) is 14.4 Å². The first-order valence-electron chi connectivity index (χ1n) is 8.54. The van der Waals surface area contributed by atoms with Gasteiger partial charge in [-0.2, -0.15) is 0 Å². The summed E-state index contributed by atoms with van der Waals surface area (Å²) in [6, 6.07) is -0.552. The van der Waals surface area contributed by atoms with E-state index < -0.39 is 23.3 Å². The molecule has 3 aliphatic heterocycles. The van der Waals surface area contributed by atoms with Crippen LogP contribution in [-0.2, 0) is 19.1 Å². The molecule has 0 radical (unpaired) electrons. The number of ether oxygens (including phenoxy) is 2. The number of imide groups is 2. The fourth-order valence-corrected chi connectivity index (χ4v) is 3.35. The van der Waals surface area contributed by atoms with Crippen molar-refractivity contribution < 1.29 is 23.9 Å². The van der Waals surface area contributed by atoms with E-state index in [0.29, 0.717) is 25.2 Å². The van der Waals surface area contributed by atoms with Gasteiger partial charge in [0.05, 0.1) is 38.5 Å². The molecule has 0 N–H and O–H groups in total. The summed E-state index contributed by atoms with van der Waals surface area (Å²) >= 11 is 0. The molecule has 3 aliphatic rings. The fraction of sp³-hybridized carbons (Fsp3) is 0.706. The maximum absolute atomic E-state index is 13.2. The predicted octanol–water partition coefficient (Wildman–Crippen LogP) is 1.33. The van der Waals surface area contributed by atoms with Gasteiger partial charge in [-0.05, 0) is 19.8 Å². The van der Waals surface area contributed by atoms with Crippen molar-refractivity contribution in [1.82, 2.24) is 9.80 Å². The van der Waals surface area contributed by atoms with Gasteiger partial charge in [0.2, 0.25) is 0 Å². The molecule has 7 heteroatoms. The summed E-state index contributed by atoms with van der Waals surface area (Å²) in [6.45, 7) is 7.06. The van der Waals surface area contributed by atoms with Crippen LogP contribution in [-0.4, -0.2) is 66.2 Å². The number of nitrogens with zero attached hydrogens (tertiary/aromatic N) is 2. The van der Waals surface area contributed by atoms with Crippen LogP contribution in [0.25, 0.3) is 0 Å². The average molecular weight is 336 g/mol. The van der Waals surface area contributed by atoms with Crippen LogP contribution in [0.4, 0.5) is 4.79 Å². The van der Waals surface area contributed by atoms with Crippen LogP contribution in [0, 0.1) is 5.41 Å². The molecule has 3 heterocycles. The van der Waals surface area contributed by atoms with Gasteiger partial charge < -0.3 is 9.47 Å². The lowest BCUT2D eigenvalue weighted by Gasteiger charge is -2.44. The highest BCUT2D eigenvalue weighted by atomic mass is 16.6. The summed E-state index contributed by atoms with van der Waals surface area (Å²) in [5, 5.41) is 0. The zero-order valence-electron chi connectivity index (χ0n) is 14.4. The van der Waals surface area contributed by atoms with Crippen LogP contribution >= 0.6 is 0 Å². The van der Waals surface area contributed by atoms with Crippen LogP contribution < -0.4 is 0 Å². The molecule has 4 amide bonds. The maximum atomic E-state index is 13.2. The third-order valence-corrected chi connectivity index (χ3v) is 4.97. The lowest BCUT2D eigenvalue weighted by molar-refractivity contribution is -0.156. The quantitative estimate of drug-likeness (QED) is 0.398. The van der Waals surface area contributed by atoms with Gasteiger partial charge in [-0.1, -0.05) is 25.5 Å². The lowest BCUT2D eigenvalue weighted by Crippen LogP contribution is -2.66. The van der Waals surface area contributed by atoms with E-state index in [1.165, 1.54) is 9.80 Å². The Morgan fingerprint density at radius 3 is 1.88 bits per heavy atom. The van der Waals surface area contributed by atoms with Crippen molar-refractivity contribution in [3.05, 3.63) is 11.6 Å². The molecule has 2 atom stereocenters. The highest BCUT2D eigenvalue weighted by Gasteiger charge is 2.58. The number of carbonyl (C=O) groups excluding carboxylic acids is 3. The Labute approximate surface area is 141 Å². The van der Waals surface area contributed by atoms with Gasteiger partial charge in [0, 0.05) is 0 Å². The number of carbonyl (C=O) groups is 3. The highest BCUT2D eigenvalue weighted by Crippen LogP contribution is 2.40. The molecule has 24 heavy (non-hydrogen) atoms. The summed E-state index contributed by atoms with van der Waals surface area (Å²) < 4.78 is 10.4. The molecule has 0 aromatic carbocycles. The topological polar surface area (TPSA) is 82.8 Å². The third-order valence-electron chi connectivity index (χ3n) is 4.97. The molecule has 3 rings (SSSR count). The smallest absolute Gasteiger partial charge is 0.333 e. The van der Waals surface area contributed by atoms with Crippen LogP contribution in [0.3, 0.4) is 0 Å². The van der Waals surface area contributed by atoms with Crippen LogP contribution in [0.15, 0.2) is 11.6 Å². The lowest BCUT2D eigenvalue weighted by atomic mass is 9.74. The first kappa shape index (κ1) is 17.1. The normalized spacial score (nSPS) is 33.3. The van der Waals surface area contributed by atoms with Gasteiger partial charge in [-0.15, -0.1) is 0 Å². The molecule has 0 aromatic rings. The molecule has 0 aliphatic carbocycles. The Bertz CT molecular complexity index is 556. The van der Waals surface area contributed by atoms with Crippen molar-refractivity contribution >= 4 is 17.8 Å². The van der Waals surface area contributed by atoms with Crippen molar-refractivity contribution in [2.45, 2.75) is 45.8 Å². The zero-order chi connectivity index (χ0) is 17.5. The van der Waals surface area contributed by atoms with E-state index in [1.807, 2.05) is 19.9 Å². The Hall–Kier alpha value is -1.73. The van der Waals surface area contributed by atoms with Crippen molar-refractivity contribution in [3.8, 4) is 0 Å². The minimum atomic E-state index is -1.30. The number of epoxide rings is 2. The summed E-state index contributed by atoms with van der Waals surface area (Å²) in [6.07, 6.45) is 2.71. The zero-order valence-corrected chi connectivity index (χ0v) is 14.4. The summed E-state index contributed by atoms with van der Waals surface area (Å²) in [5.74, 6) is -0.851. The first-order chi connectivity index (χ1) is 11.5. The molecular weight excluding hydrogens is 312 g/mol. The minimum absolute atomic E-state index is 0.116. The van der Waals surface area contributed by atoms with E-state index in [-0.39, 0.29) is 25.3 Å². The number of hydrogen-bond acceptors (Lipinski definition) is 5. The fourth-order valence-electron chi connectivity index (χ4n) is 3.35. The largest absolute Gasteiger partial charge is 0.371 e. The molecule has 0 spiro atoms. The van der Waals surface area contributed by atoms with Gasteiger partial charge >= 0.3 is 6.03 Å². The second kappa shape index (κ2) is 6.29. The van der Waals surface area contributed by atoms with Gasteiger partial charge in [0.1, 0.15) is 5.41 Å². The Morgan fingerprint density at radius 1 is 1.08 bits per heavy atom. The number of amides is 4. The number of rotatable bonds is 7. The molecule has 2 unspecified atom stereocenters. The standard InChI is InChI=1S/C17H24N2O5/c1-4-6-11(3)17(5-2)14(20)18(7-12-9-23-12)16(22)19(15(17)21)8-13-10-24-13/h6,12-13H,4-5,7-10H2,1-3H3. The van der Waals surface area contributed by atoms with Gasteiger partial charge in [-0.3, -0.25) is 19.4 Å². The van der Waals surface area contributed by atoms with Crippen molar-refractivity contribution in [2.24, 2.45) is 5.41 Å². The second-order valence-electron chi connectivity index (χ2n) is 6.58. The number of urea groups is 1. The average Bonchev–Trinajstić information content (AvgIpc) is 3.45. The monoisotopic (exact) mass is 336 g/mol. The van der Waals surface area contributed by atoms with E-state index >= 15 is 0 Å². The molecular formula is C17H24N2O5. The second-order valence-corrected chi connectivity index (χ2v) is 6.58. The molecule has 7 nitrogen and oxygen atoms in total. The highest BCUT2D eigenvalue weighted by molar-refractivity contribution is 6.21. The van der Waals surface area contributed by atoms with E-state index in [0.717, 1.165) is 6.42 Å². The SMILES string of the molecule is CCC=C(C)C1(CC)C(=O)N(CC2CO2)C(=O)N(CC2CO2)C1=O. The third kappa shape index (κ3) is 2.75. The van der Waals surface area contributed by atoms with Crippen LogP contribution in [0.1, 0.15) is 33.6 Å². The first-order valence-corrected chi connectivity index (χ1v) is 8.54. The molecule has 3 fully saturated rings. The van der Waals surface area contributed by atoms with Gasteiger partial charge in [0.25, 0.3) is 11.8 Å². The Balaban J connectivity index is 2.00. The number of allylic oxidation sites excluding steroid dienone is 1. The van der Waals surface area contributed by atoms with Crippen molar-refractivity contribution in [1.29, 1.82) is 0 Å². The summed E-state index contributed by atoms with van der Waals surface area (Å²) in [4.78, 5) is 41.4. The van der Waals surface area contributed by atoms with Crippen molar-refractivity contribution in [2.75, 3.05) is 26.3 Å². The maximum Gasteiger partial charge on any atom is 0.333 e. The van der Waals surface area contributed by atoms with E-state index in [2.05, 4.69) is 0 Å². The summed E-state index contributed by atoms with van der Waals surface area (Å²) in [5.41, 5.74) is -0.591. The van der Waals surface area contributed by atoms with Crippen LogP contribution in [0.5, 0.6) is 0 Å². The minimum Gasteiger partial charge on any atom is -0.371 e. The number of hydrogen-bond donors (Lipinski definition) is 0. The van der Waals surface area contributed by atoms with Crippen LogP contribution in [0.2, 0.25) is 0 Å². The summed E-state index contributed by atoms with van der Waals surface area (Å²) in [7, 11) is 0. The number of barbiturate groups is 1.